The molecule has 1 aliphatic rings. The minimum Gasteiger partial charge on any atom is -0.455 e. The molecule has 0 amide bonds. The van der Waals surface area contributed by atoms with Crippen molar-refractivity contribution >= 4 is 64.2 Å². The van der Waals surface area contributed by atoms with Crippen molar-refractivity contribution in [1.82, 2.24) is 4.98 Å². The molecule has 0 atom stereocenters. The topological polar surface area (TPSA) is 251 Å². The highest BCUT2D eigenvalue weighted by molar-refractivity contribution is 7.86. The van der Waals surface area contributed by atoms with E-state index in [0.717, 1.165) is 30.3 Å². The molecule has 0 fully saturated rings. The van der Waals surface area contributed by atoms with Crippen LogP contribution in [0.3, 0.4) is 0 Å². The first-order valence-electron chi connectivity index (χ1n) is 16.0. The van der Waals surface area contributed by atoms with Crippen LogP contribution in [0.1, 0.15) is 44.3 Å². The molecule has 1 aliphatic carbocycles. The molecule has 0 bridgehead atoms. The first kappa shape index (κ1) is 37.3. The van der Waals surface area contributed by atoms with Gasteiger partial charge in [0.25, 0.3) is 35.9 Å². The lowest BCUT2D eigenvalue weighted by Crippen LogP contribution is -2.24. The lowest BCUT2D eigenvalue weighted by Gasteiger charge is -2.26. The second kappa shape index (κ2) is 13.4. The Balaban J connectivity index is 1.55. The molecule has 7 rings (SSSR count). The first-order valence-corrected chi connectivity index (χ1v) is 20.3. The zero-order valence-corrected chi connectivity index (χ0v) is 30.5. The van der Waals surface area contributed by atoms with Gasteiger partial charge >= 0.3 is 0 Å². The van der Waals surface area contributed by atoms with E-state index in [9.17, 15) is 53.3 Å². The Morgan fingerprint density at radius 1 is 0.691 bits per heavy atom. The lowest BCUT2D eigenvalue weighted by atomic mass is 9.80. The van der Waals surface area contributed by atoms with Crippen molar-refractivity contribution in [3.05, 3.63) is 135 Å². The summed E-state index contributed by atoms with van der Waals surface area (Å²) in [5.74, 6) is -1.50. The minimum atomic E-state index is -4.75. The highest BCUT2D eigenvalue weighted by Crippen LogP contribution is 2.47. The van der Waals surface area contributed by atoms with Crippen LogP contribution >= 0.6 is 0 Å². The molecule has 0 saturated heterocycles. The number of aryl methyl sites for hydroxylation is 1. The summed E-state index contributed by atoms with van der Waals surface area (Å²) in [5.41, 5.74) is -0.957. The Bertz CT molecular complexity index is 3050. The van der Waals surface area contributed by atoms with Crippen LogP contribution in [0.4, 0.5) is 11.4 Å². The predicted octanol–water partition coefficient (Wildman–Crippen LogP) is 5.81. The van der Waals surface area contributed by atoms with Crippen molar-refractivity contribution < 1.29 is 53.2 Å². The van der Waals surface area contributed by atoms with Gasteiger partial charge < -0.3 is 15.0 Å². The third-order valence-electron chi connectivity index (χ3n) is 8.91. The highest BCUT2D eigenvalue weighted by atomic mass is 32.2. The van der Waals surface area contributed by atoms with E-state index in [-0.39, 0.29) is 68.0 Å². The average molecular weight is 803 g/mol. The summed E-state index contributed by atoms with van der Waals surface area (Å²) < 4.78 is 106. The maximum Gasteiger partial charge on any atom is 0.294 e. The van der Waals surface area contributed by atoms with Gasteiger partial charge in [0, 0.05) is 33.8 Å². The fourth-order valence-electron chi connectivity index (χ4n) is 6.40. The van der Waals surface area contributed by atoms with Crippen molar-refractivity contribution in [2.75, 3.05) is 5.32 Å². The van der Waals surface area contributed by atoms with Crippen LogP contribution in [0, 0.1) is 0 Å². The normalized spacial score (nSPS) is 12.7. The van der Waals surface area contributed by atoms with Crippen molar-refractivity contribution in [3.8, 4) is 22.6 Å². The number of nitrogens with one attached hydrogen (secondary N) is 2. The van der Waals surface area contributed by atoms with Crippen LogP contribution in [-0.2, 0) is 36.8 Å². The van der Waals surface area contributed by atoms with Crippen LogP contribution in [0.5, 0.6) is 11.5 Å². The smallest absolute Gasteiger partial charge is 0.294 e. The van der Waals surface area contributed by atoms with Crippen molar-refractivity contribution in [1.29, 1.82) is 0 Å². The van der Waals surface area contributed by atoms with E-state index in [1.165, 1.54) is 54.6 Å². The third kappa shape index (κ3) is 6.82. The van der Waals surface area contributed by atoms with E-state index in [1.54, 1.807) is 19.1 Å². The summed E-state index contributed by atoms with van der Waals surface area (Å²) in [6, 6.07) is 20.4. The van der Waals surface area contributed by atoms with Crippen molar-refractivity contribution in [3.63, 3.8) is 0 Å². The molecule has 1 aromatic heterocycles. The molecular weight excluding hydrogens is 777 g/mol. The molecule has 280 valence electrons. The molecule has 18 heteroatoms. The minimum absolute atomic E-state index is 0.0149. The van der Waals surface area contributed by atoms with Gasteiger partial charge in [-0.15, -0.1) is 0 Å². The largest absolute Gasteiger partial charge is 0.455 e. The van der Waals surface area contributed by atoms with Crippen LogP contribution in [0.25, 0.3) is 22.0 Å². The van der Waals surface area contributed by atoms with Gasteiger partial charge in [-0.3, -0.25) is 28.0 Å². The summed E-state index contributed by atoms with van der Waals surface area (Å²) in [6.07, 6.45) is 0.217. The van der Waals surface area contributed by atoms with E-state index < -0.39 is 67.7 Å². The number of anilines is 2. The van der Waals surface area contributed by atoms with Gasteiger partial charge in [0.15, 0.2) is 17.3 Å². The summed E-state index contributed by atoms with van der Waals surface area (Å²) in [6.45, 7) is 1.70. The second-order valence-corrected chi connectivity index (χ2v) is 16.5. The van der Waals surface area contributed by atoms with Crippen LogP contribution in [0.2, 0.25) is 0 Å². The van der Waals surface area contributed by atoms with E-state index in [2.05, 4.69) is 10.3 Å². The molecule has 0 spiro atoms. The monoisotopic (exact) mass is 802 g/mol. The fraction of sp³-hybridized carbons (Fsp3) is 0.0541. The third-order valence-corrected chi connectivity index (χ3v) is 11.5. The summed E-state index contributed by atoms with van der Waals surface area (Å²) >= 11 is 0. The second-order valence-electron chi connectivity index (χ2n) is 12.3. The van der Waals surface area contributed by atoms with Gasteiger partial charge in [0.1, 0.15) is 5.75 Å². The van der Waals surface area contributed by atoms with Crippen LogP contribution in [0.15, 0.2) is 117 Å². The summed E-state index contributed by atoms with van der Waals surface area (Å²) in [4.78, 5) is 44.1. The molecule has 6 aromatic rings. The number of aromatic nitrogens is 1. The predicted molar refractivity (Wildman–Crippen MR) is 198 cm³/mol. The number of rotatable bonds is 10. The molecule has 0 radical (unpaired) electrons. The number of fused-ring (bicyclic) bond motifs is 2. The van der Waals surface area contributed by atoms with Gasteiger partial charge in [0.05, 0.1) is 37.0 Å². The Labute approximate surface area is 312 Å². The Hall–Kier alpha value is -6.02. The molecule has 5 aromatic carbocycles. The van der Waals surface area contributed by atoms with E-state index >= 15 is 0 Å². The molecular formula is C37H26N2O13S3. The zero-order valence-electron chi connectivity index (χ0n) is 28.1. The van der Waals surface area contributed by atoms with E-state index in [0.29, 0.717) is 5.56 Å². The van der Waals surface area contributed by atoms with Gasteiger partial charge in [-0.1, -0.05) is 43.3 Å². The van der Waals surface area contributed by atoms with Crippen molar-refractivity contribution in [2.45, 2.75) is 28.0 Å². The maximum absolute atomic E-state index is 14.4. The number of hydrogen-bond acceptors (Lipinski definition) is 11. The number of benzene rings is 5. The fourth-order valence-corrected chi connectivity index (χ4v) is 7.94. The number of hydrogen-bond donors (Lipinski definition) is 5. The van der Waals surface area contributed by atoms with E-state index in [1.807, 2.05) is 0 Å². The maximum atomic E-state index is 14.4. The average Bonchev–Trinajstić information content (AvgIpc) is 3.13. The molecule has 0 saturated carbocycles. The highest BCUT2D eigenvalue weighted by Gasteiger charge is 2.35. The Morgan fingerprint density at radius 3 is 1.95 bits per heavy atom. The van der Waals surface area contributed by atoms with Gasteiger partial charge in [0.2, 0.25) is 0 Å². The van der Waals surface area contributed by atoms with Crippen LogP contribution < -0.4 is 15.6 Å². The molecule has 0 aliphatic heterocycles. The van der Waals surface area contributed by atoms with Gasteiger partial charge in [-0.05, 0) is 72.1 Å². The standard InChI is InChI=1S/C37H26N2O13S3/c1-2-19-16-24(55(49,50)51)14-15-28(19)52-29-18-27(38-21-10-12-22(13-11-21)53(43,44)45)31-32-30(25-8-3-4-9-26(25)36(31)41)33(37(42)39-34(29)32)35(40)20-6-5-7-23(17-20)54(46,47)48/h3-18,38H,2H2,1H3,(H,39,42)(H,43,44,45)(H,46,47,48)(H,49,50,51). The number of ketones is 2. The molecule has 0 unspecified atom stereocenters. The van der Waals surface area contributed by atoms with Crippen LogP contribution in [-0.4, -0.2) is 55.5 Å². The van der Waals surface area contributed by atoms with E-state index in [4.69, 9.17) is 4.74 Å². The molecule has 55 heavy (non-hydrogen) atoms. The molecule has 5 N–H and O–H groups in total. The number of pyridine rings is 1. The summed E-state index contributed by atoms with van der Waals surface area (Å²) in [7, 11) is -13.9. The SMILES string of the molecule is CCc1cc(S(=O)(=O)O)ccc1Oc1cc(Nc2ccc(S(=O)(=O)O)cc2)c2c3c(c(C(=O)c4cccc(S(=O)(=O)O)c4)c(=O)[nH]c13)-c1ccccc1C2=O. The summed E-state index contributed by atoms with van der Waals surface area (Å²) in [5, 5.41) is 3.09. The number of ether oxygens (including phenoxy) is 1. The molecule has 15 nitrogen and oxygen atoms in total. The quantitative estimate of drug-likeness (QED) is 0.0809. The number of H-pyrrole nitrogens is 1. The molecule has 1 heterocycles. The number of carbonyl (C=O) groups excluding carboxylic acids is 2. The van der Waals surface area contributed by atoms with Gasteiger partial charge in [-0.2, -0.15) is 25.3 Å². The van der Waals surface area contributed by atoms with Gasteiger partial charge in [-0.25, -0.2) is 0 Å². The van der Waals surface area contributed by atoms with Crippen molar-refractivity contribution in [2.24, 2.45) is 0 Å². The number of carbonyl (C=O) groups is 2. The Kier molecular flexibility index (Phi) is 9.07. The first-order chi connectivity index (χ1) is 25.9. The zero-order chi connectivity index (χ0) is 39.6. The number of aromatic amines is 1. The Morgan fingerprint density at radius 2 is 1.31 bits per heavy atom. The lowest BCUT2D eigenvalue weighted by molar-refractivity contribution is 0.102.